The van der Waals surface area contributed by atoms with E-state index in [1.165, 1.54) is 6.92 Å². The molecule has 0 spiro atoms. The van der Waals surface area contributed by atoms with E-state index in [0.717, 1.165) is 0 Å². The van der Waals surface area contributed by atoms with Gasteiger partial charge in [0.25, 0.3) is 5.91 Å². The molecule has 6 nitrogen and oxygen atoms in total. The summed E-state index contributed by atoms with van der Waals surface area (Å²) in [5.74, 6) is -1.61. The highest BCUT2D eigenvalue weighted by molar-refractivity contribution is 5.95. The van der Waals surface area contributed by atoms with Crippen molar-refractivity contribution in [3.63, 3.8) is 0 Å². The van der Waals surface area contributed by atoms with E-state index in [1.54, 1.807) is 31.2 Å². The number of carbonyl (C=O) groups is 3. The van der Waals surface area contributed by atoms with E-state index in [0.29, 0.717) is 30.6 Å². The fraction of sp³-hybridized carbons (Fsp3) is 0.400. The maximum atomic E-state index is 11.8. The number of carbonyl (C=O) groups excluding carboxylic acids is 2. The average Bonchev–Trinajstić information content (AvgIpc) is 2.43. The van der Waals surface area contributed by atoms with Gasteiger partial charge in [-0.15, -0.1) is 0 Å². The van der Waals surface area contributed by atoms with Gasteiger partial charge in [0.1, 0.15) is 0 Å². The largest absolute Gasteiger partial charge is 0.481 e. The molecular formula is C15H20N2O4. The average molecular weight is 292 g/mol. The molecule has 0 aliphatic carbocycles. The van der Waals surface area contributed by atoms with Crippen LogP contribution in [0.5, 0.6) is 0 Å². The van der Waals surface area contributed by atoms with Crippen LogP contribution >= 0.6 is 0 Å². The van der Waals surface area contributed by atoms with Gasteiger partial charge in [0.2, 0.25) is 5.91 Å². The molecule has 1 atom stereocenters. The van der Waals surface area contributed by atoms with Crippen LogP contribution in [0.4, 0.5) is 5.69 Å². The van der Waals surface area contributed by atoms with E-state index in [-0.39, 0.29) is 11.8 Å². The molecule has 0 saturated carbocycles. The number of hydrogen-bond acceptors (Lipinski definition) is 3. The summed E-state index contributed by atoms with van der Waals surface area (Å²) in [6.07, 6.45) is 1.14. The molecule has 21 heavy (non-hydrogen) atoms. The van der Waals surface area contributed by atoms with Crippen molar-refractivity contribution in [2.75, 3.05) is 11.9 Å². The molecule has 114 valence electrons. The van der Waals surface area contributed by atoms with E-state index in [9.17, 15) is 14.4 Å². The number of benzene rings is 1. The Morgan fingerprint density at radius 1 is 1.19 bits per heavy atom. The molecule has 6 heteroatoms. The Hall–Kier alpha value is -2.37. The summed E-state index contributed by atoms with van der Waals surface area (Å²) in [6.45, 7) is 3.49. The summed E-state index contributed by atoms with van der Waals surface area (Å²) < 4.78 is 0. The van der Waals surface area contributed by atoms with E-state index in [1.807, 2.05) is 0 Å². The minimum Gasteiger partial charge on any atom is -0.481 e. The highest BCUT2D eigenvalue weighted by Crippen LogP contribution is 2.09. The highest BCUT2D eigenvalue weighted by Gasteiger charge is 2.10. The molecule has 0 saturated heterocycles. The Morgan fingerprint density at radius 2 is 1.81 bits per heavy atom. The van der Waals surface area contributed by atoms with Gasteiger partial charge in [0.15, 0.2) is 0 Å². The molecule has 1 aromatic rings. The van der Waals surface area contributed by atoms with Crippen molar-refractivity contribution < 1.29 is 19.5 Å². The molecule has 1 rings (SSSR count). The molecule has 1 unspecified atom stereocenters. The van der Waals surface area contributed by atoms with Gasteiger partial charge in [0, 0.05) is 24.7 Å². The number of nitrogens with one attached hydrogen (secondary N) is 2. The fourth-order valence-corrected chi connectivity index (χ4v) is 1.74. The molecule has 0 bridgehead atoms. The van der Waals surface area contributed by atoms with Gasteiger partial charge in [-0.2, -0.15) is 0 Å². The zero-order valence-electron chi connectivity index (χ0n) is 12.2. The first-order valence-electron chi connectivity index (χ1n) is 6.79. The van der Waals surface area contributed by atoms with Crippen molar-refractivity contribution in [1.29, 1.82) is 0 Å². The normalized spacial score (nSPS) is 11.5. The van der Waals surface area contributed by atoms with Crippen LogP contribution in [0.1, 0.15) is 37.0 Å². The first-order chi connectivity index (χ1) is 9.90. The Bertz CT molecular complexity index is 511. The van der Waals surface area contributed by atoms with Gasteiger partial charge < -0.3 is 15.7 Å². The van der Waals surface area contributed by atoms with E-state index in [4.69, 9.17) is 5.11 Å². The minimum atomic E-state index is -0.824. The van der Waals surface area contributed by atoms with E-state index >= 15 is 0 Å². The van der Waals surface area contributed by atoms with Crippen molar-refractivity contribution in [2.45, 2.75) is 26.7 Å². The van der Waals surface area contributed by atoms with Crippen LogP contribution in [-0.4, -0.2) is 29.4 Å². The Labute approximate surface area is 123 Å². The number of carboxylic acid groups (broad SMARTS) is 1. The summed E-state index contributed by atoms with van der Waals surface area (Å²) in [5, 5.41) is 14.1. The maximum absolute atomic E-state index is 11.8. The molecule has 3 N–H and O–H groups in total. The predicted octanol–water partition coefficient (Wildman–Crippen LogP) is 1.88. The lowest BCUT2D eigenvalue weighted by Gasteiger charge is -2.08. The van der Waals surface area contributed by atoms with Crippen LogP contribution in [0.25, 0.3) is 0 Å². The predicted molar refractivity (Wildman–Crippen MR) is 79.1 cm³/mol. The Morgan fingerprint density at radius 3 is 2.33 bits per heavy atom. The third-order valence-electron chi connectivity index (χ3n) is 2.99. The Kier molecular flexibility index (Phi) is 6.39. The van der Waals surface area contributed by atoms with Crippen LogP contribution in [0.3, 0.4) is 0 Å². The van der Waals surface area contributed by atoms with Gasteiger partial charge in [0.05, 0.1) is 5.92 Å². The summed E-state index contributed by atoms with van der Waals surface area (Å²) in [5.41, 5.74) is 1.13. The summed E-state index contributed by atoms with van der Waals surface area (Å²) in [4.78, 5) is 33.4. The molecular weight excluding hydrogens is 272 g/mol. The molecule has 0 aliphatic heterocycles. The third kappa shape index (κ3) is 6.07. The van der Waals surface area contributed by atoms with Crippen molar-refractivity contribution in [1.82, 2.24) is 5.32 Å². The number of carboxylic acids is 1. The first-order valence-corrected chi connectivity index (χ1v) is 6.79. The quantitative estimate of drug-likeness (QED) is 0.669. The third-order valence-corrected chi connectivity index (χ3v) is 2.99. The number of rotatable bonds is 7. The second-order valence-electron chi connectivity index (χ2n) is 4.90. The van der Waals surface area contributed by atoms with E-state index in [2.05, 4.69) is 10.6 Å². The van der Waals surface area contributed by atoms with Gasteiger partial charge in [-0.05, 0) is 37.1 Å². The molecule has 2 amide bonds. The molecule has 0 radical (unpaired) electrons. The SMILES string of the molecule is CC(=O)Nc1ccc(C(=O)NCCCC(C)C(=O)O)cc1. The second-order valence-corrected chi connectivity index (χ2v) is 4.90. The molecule has 0 heterocycles. The lowest BCUT2D eigenvalue weighted by atomic mass is 10.1. The van der Waals surface area contributed by atoms with Crippen molar-refractivity contribution in [3.05, 3.63) is 29.8 Å². The number of hydrogen-bond donors (Lipinski definition) is 3. The smallest absolute Gasteiger partial charge is 0.306 e. The lowest BCUT2D eigenvalue weighted by Crippen LogP contribution is -2.25. The number of anilines is 1. The van der Waals surface area contributed by atoms with Crippen LogP contribution < -0.4 is 10.6 Å². The molecule has 0 fully saturated rings. The fourth-order valence-electron chi connectivity index (χ4n) is 1.74. The van der Waals surface area contributed by atoms with Gasteiger partial charge in [-0.1, -0.05) is 6.92 Å². The van der Waals surface area contributed by atoms with Crippen LogP contribution in [0.2, 0.25) is 0 Å². The number of amides is 2. The maximum Gasteiger partial charge on any atom is 0.306 e. The highest BCUT2D eigenvalue weighted by atomic mass is 16.4. The monoisotopic (exact) mass is 292 g/mol. The molecule has 0 aromatic heterocycles. The zero-order chi connectivity index (χ0) is 15.8. The van der Waals surface area contributed by atoms with Gasteiger partial charge in [-0.3, -0.25) is 14.4 Å². The Balaban J connectivity index is 2.38. The van der Waals surface area contributed by atoms with Crippen LogP contribution in [0, 0.1) is 5.92 Å². The van der Waals surface area contributed by atoms with E-state index < -0.39 is 11.9 Å². The van der Waals surface area contributed by atoms with Crippen molar-refractivity contribution >= 4 is 23.5 Å². The summed E-state index contributed by atoms with van der Waals surface area (Å²) in [7, 11) is 0. The van der Waals surface area contributed by atoms with Crippen LogP contribution in [0.15, 0.2) is 24.3 Å². The standard InChI is InChI=1S/C15H20N2O4/c1-10(15(20)21)4-3-9-16-14(19)12-5-7-13(8-6-12)17-11(2)18/h5-8,10H,3-4,9H2,1-2H3,(H,16,19)(H,17,18)(H,20,21). The van der Waals surface area contributed by atoms with Crippen LogP contribution in [-0.2, 0) is 9.59 Å². The van der Waals surface area contributed by atoms with Gasteiger partial charge >= 0.3 is 5.97 Å². The minimum absolute atomic E-state index is 0.167. The second kappa shape index (κ2) is 8.04. The zero-order valence-corrected chi connectivity index (χ0v) is 12.2. The van der Waals surface area contributed by atoms with Gasteiger partial charge in [-0.25, -0.2) is 0 Å². The molecule has 0 aliphatic rings. The molecule has 1 aromatic carbocycles. The summed E-state index contributed by atoms with van der Waals surface area (Å²) in [6, 6.07) is 6.56. The topological polar surface area (TPSA) is 95.5 Å². The van der Waals surface area contributed by atoms with Crippen molar-refractivity contribution in [2.24, 2.45) is 5.92 Å². The summed E-state index contributed by atoms with van der Waals surface area (Å²) >= 11 is 0. The number of aliphatic carboxylic acids is 1. The lowest BCUT2D eigenvalue weighted by molar-refractivity contribution is -0.141. The first kappa shape index (κ1) is 16.7. The van der Waals surface area contributed by atoms with Crippen molar-refractivity contribution in [3.8, 4) is 0 Å².